The summed E-state index contributed by atoms with van der Waals surface area (Å²) in [4.78, 5) is 36.5. The number of hydrogen-bond acceptors (Lipinski definition) is 4. The first-order chi connectivity index (χ1) is 11.3. The minimum atomic E-state index is -1.76. The van der Waals surface area contributed by atoms with E-state index in [4.69, 9.17) is 5.11 Å². The fourth-order valence-corrected chi connectivity index (χ4v) is 2.83. The number of carboxylic acid groups (broad SMARTS) is 1. The molecule has 1 aliphatic heterocycles. The lowest BCUT2D eigenvalue weighted by atomic mass is 9.91. The van der Waals surface area contributed by atoms with Gasteiger partial charge in [0.15, 0.2) is 5.60 Å². The maximum absolute atomic E-state index is 12.5. The van der Waals surface area contributed by atoms with E-state index in [1.165, 1.54) is 11.8 Å². The van der Waals surface area contributed by atoms with Crippen molar-refractivity contribution in [2.24, 2.45) is 0 Å². The molecule has 130 valence electrons. The zero-order chi connectivity index (χ0) is 17.7. The Hall–Kier alpha value is -2.41. The van der Waals surface area contributed by atoms with Gasteiger partial charge in [0.1, 0.15) is 0 Å². The molecule has 1 aromatic carbocycles. The van der Waals surface area contributed by atoms with E-state index in [9.17, 15) is 19.5 Å². The first kappa shape index (κ1) is 17.9. The van der Waals surface area contributed by atoms with E-state index in [2.05, 4.69) is 5.32 Å². The number of carbonyl (C=O) groups excluding carboxylic acids is 2. The summed E-state index contributed by atoms with van der Waals surface area (Å²) in [5.74, 6) is -1.66. The van der Waals surface area contributed by atoms with Crippen molar-refractivity contribution in [3.05, 3.63) is 35.9 Å². The summed E-state index contributed by atoms with van der Waals surface area (Å²) >= 11 is 0. The van der Waals surface area contributed by atoms with Crippen LogP contribution in [0.5, 0.6) is 0 Å². The average molecular weight is 334 g/mol. The molecule has 1 unspecified atom stereocenters. The van der Waals surface area contributed by atoms with Gasteiger partial charge < -0.3 is 20.4 Å². The minimum Gasteiger partial charge on any atom is -0.479 e. The first-order valence-corrected chi connectivity index (χ1v) is 7.87. The van der Waals surface area contributed by atoms with Crippen LogP contribution in [0.1, 0.15) is 37.8 Å². The molecular weight excluding hydrogens is 312 g/mol. The highest BCUT2D eigenvalue weighted by Gasteiger charge is 2.40. The molecule has 0 saturated carbocycles. The second-order valence-electron chi connectivity index (χ2n) is 6.09. The topological polar surface area (TPSA) is 107 Å². The Morgan fingerprint density at radius 1 is 1.21 bits per heavy atom. The normalized spacial score (nSPS) is 17.8. The van der Waals surface area contributed by atoms with Crippen LogP contribution in [0.4, 0.5) is 0 Å². The Kier molecular flexibility index (Phi) is 5.56. The molecule has 0 aliphatic carbocycles. The van der Waals surface area contributed by atoms with Crippen LogP contribution in [-0.4, -0.2) is 51.6 Å². The highest BCUT2D eigenvalue weighted by Crippen LogP contribution is 2.24. The fourth-order valence-electron chi connectivity index (χ4n) is 2.83. The number of aliphatic carboxylic acids is 1. The molecule has 7 heteroatoms. The molecular formula is C17H22N2O5. The molecule has 7 nitrogen and oxygen atoms in total. The molecule has 2 rings (SSSR count). The van der Waals surface area contributed by atoms with E-state index < -0.39 is 17.6 Å². The van der Waals surface area contributed by atoms with Gasteiger partial charge in [0.05, 0.1) is 12.5 Å². The van der Waals surface area contributed by atoms with E-state index in [0.717, 1.165) is 5.56 Å². The summed E-state index contributed by atoms with van der Waals surface area (Å²) in [6.45, 7) is 1.76. The van der Waals surface area contributed by atoms with Crippen LogP contribution in [0.25, 0.3) is 0 Å². The number of carboxylic acids is 1. The van der Waals surface area contributed by atoms with Crippen molar-refractivity contribution in [2.75, 3.05) is 13.1 Å². The Morgan fingerprint density at radius 3 is 2.29 bits per heavy atom. The second-order valence-corrected chi connectivity index (χ2v) is 6.09. The van der Waals surface area contributed by atoms with Gasteiger partial charge in [-0.1, -0.05) is 30.3 Å². The van der Waals surface area contributed by atoms with Crippen LogP contribution in [0.15, 0.2) is 30.3 Å². The fraction of sp³-hybridized carbons (Fsp3) is 0.471. The Bertz CT molecular complexity index is 609. The zero-order valence-corrected chi connectivity index (χ0v) is 13.6. The van der Waals surface area contributed by atoms with E-state index in [1.807, 2.05) is 30.3 Å². The monoisotopic (exact) mass is 334 g/mol. The lowest BCUT2D eigenvalue weighted by Gasteiger charge is -2.36. The number of amides is 2. The highest BCUT2D eigenvalue weighted by molar-refractivity contribution is 5.81. The number of benzene rings is 1. The molecule has 1 aromatic rings. The van der Waals surface area contributed by atoms with Crippen molar-refractivity contribution in [3.63, 3.8) is 0 Å². The van der Waals surface area contributed by atoms with Crippen LogP contribution in [0.2, 0.25) is 0 Å². The molecule has 1 saturated heterocycles. The van der Waals surface area contributed by atoms with Gasteiger partial charge >= 0.3 is 5.97 Å². The molecule has 24 heavy (non-hydrogen) atoms. The molecule has 0 spiro atoms. The average Bonchev–Trinajstić information content (AvgIpc) is 2.55. The SMILES string of the molecule is CC(=O)NC(CC(=O)N1CCC(O)(C(=O)O)CC1)c1ccccc1. The van der Waals surface area contributed by atoms with Gasteiger partial charge in [-0.25, -0.2) is 4.79 Å². The Labute approximate surface area is 140 Å². The maximum atomic E-state index is 12.5. The molecule has 0 radical (unpaired) electrons. The molecule has 1 heterocycles. The quantitative estimate of drug-likeness (QED) is 0.734. The summed E-state index contributed by atoms with van der Waals surface area (Å²) in [6.07, 6.45) is 0.101. The summed E-state index contributed by atoms with van der Waals surface area (Å²) in [7, 11) is 0. The van der Waals surface area contributed by atoms with Crippen molar-refractivity contribution in [3.8, 4) is 0 Å². The van der Waals surface area contributed by atoms with Gasteiger partial charge in [-0.2, -0.15) is 0 Å². The maximum Gasteiger partial charge on any atom is 0.335 e. The van der Waals surface area contributed by atoms with Crippen molar-refractivity contribution < 1.29 is 24.6 Å². The number of likely N-dealkylation sites (tertiary alicyclic amines) is 1. The Morgan fingerprint density at radius 2 is 1.79 bits per heavy atom. The molecule has 2 amide bonds. The zero-order valence-electron chi connectivity index (χ0n) is 13.6. The summed E-state index contributed by atoms with van der Waals surface area (Å²) in [6, 6.07) is 8.77. The number of nitrogens with one attached hydrogen (secondary N) is 1. The van der Waals surface area contributed by atoms with Crippen molar-refractivity contribution in [1.29, 1.82) is 0 Å². The van der Waals surface area contributed by atoms with Gasteiger partial charge in [0, 0.05) is 32.9 Å². The van der Waals surface area contributed by atoms with Crippen LogP contribution in [-0.2, 0) is 14.4 Å². The number of carbonyl (C=O) groups is 3. The minimum absolute atomic E-state index is 0.00418. The van der Waals surface area contributed by atoms with Crippen molar-refractivity contribution in [2.45, 2.75) is 37.8 Å². The molecule has 1 atom stereocenters. The third-order valence-electron chi connectivity index (χ3n) is 4.30. The number of rotatable bonds is 5. The van der Waals surface area contributed by atoms with Gasteiger partial charge in [-0.05, 0) is 5.56 Å². The van der Waals surface area contributed by atoms with Crippen LogP contribution >= 0.6 is 0 Å². The molecule has 0 bridgehead atoms. The summed E-state index contributed by atoms with van der Waals surface area (Å²) in [5.41, 5.74) is -0.923. The third-order valence-corrected chi connectivity index (χ3v) is 4.30. The van der Waals surface area contributed by atoms with Gasteiger partial charge in [-0.15, -0.1) is 0 Å². The lowest BCUT2D eigenvalue weighted by Crippen LogP contribution is -2.51. The van der Waals surface area contributed by atoms with E-state index >= 15 is 0 Å². The van der Waals surface area contributed by atoms with Gasteiger partial charge in [0.2, 0.25) is 11.8 Å². The molecule has 1 fully saturated rings. The third kappa shape index (κ3) is 4.32. The summed E-state index contributed by atoms with van der Waals surface area (Å²) < 4.78 is 0. The number of nitrogens with zero attached hydrogens (tertiary/aromatic N) is 1. The highest BCUT2D eigenvalue weighted by atomic mass is 16.4. The Balaban J connectivity index is 2.01. The first-order valence-electron chi connectivity index (χ1n) is 7.87. The van der Waals surface area contributed by atoms with Gasteiger partial charge in [0.25, 0.3) is 0 Å². The molecule has 1 aliphatic rings. The second kappa shape index (κ2) is 7.44. The number of hydrogen-bond donors (Lipinski definition) is 3. The predicted octanol–water partition coefficient (Wildman–Crippen LogP) is 0.692. The molecule has 3 N–H and O–H groups in total. The van der Waals surface area contributed by atoms with E-state index in [0.29, 0.717) is 0 Å². The van der Waals surface area contributed by atoms with Crippen LogP contribution in [0, 0.1) is 0 Å². The van der Waals surface area contributed by atoms with Crippen LogP contribution in [0.3, 0.4) is 0 Å². The van der Waals surface area contributed by atoms with Crippen LogP contribution < -0.4 is 5.32 Å². The standard InChI is InChI=1S/C17H22N2O5/c1-12(20)18-14(13-5-3-2-4-6-13)11-15(21)19-9-7-17(24,8-10-19)16(22)23/h2-6,14,24H,7-11H2,1H3,(H,18,20)(H,22,23). The van der Waals surface area contributed by atoms with Crippen molar-refractivity contribution in [1.82, 2.24) is 10.2 Å². The number of piperidine rings is 1. The van der Waals surface area contributed by atoms with E-state index in [-0.39, 0.29) is 44.2 Å². The van der Waals surface area contributed by atoms with Crippen molar-refractivity contribution >= 4 is 17.8 Å². The predicted molar refractivity (Wildman–Crippen MR) is 86.0 cm³/mol. The van der Waals surface area contributed by atoms with E-state index in [1.54, 1.807) is 0 Å². The summed E-state index contributed by atoms with van der Waals surface area (Å²) in [5, 5.41) is 21.7. The van der Waals surface area contributed by atoms with Gasteiger partial charge in [-0.3, -0.25) is 9.59 Å². The lowest BCUT2D eigenvalue weighted by molar-refractivity contribution is -0.165. The number of aliphatic hydroxyl groups is 1. The largest absolute Gasteiger partial charge is 0.479 e. The smallest absolute Gasteiger partial charge is 0.335 e. The molecule has 0 aromatic heterocycles.